The number of aliphatic hydroxyl groups is 1. The predicted octanol–water partition coefficient (Wildman–Crippen LogP) is 2.51. The highest BCUT2D eigenvalue weighted by Gasteiger charge is 2.14. The molecule has 2 atom stereocenters. The summed E-state index contributed by atoms with van der Waals surface area (Å²) in [6.45, 7) is 3.96. The maximum atomic E-state index is 11.9. The molecule has 0 heterocycles. The fraction of sp³-hybridized carbons (Fsp3) is 0.500. The van der Waals surface area contributed by atoms with Gasteiger partial charge in [0.15, 0.2) is 0 Å². The topological polar surface area (TPSA) is 104 Å². The number of hydrogen-bond acceptors (Lipinski definition) is 4. The number of nitro benzene ring substituents is 1. The number of nitrogens with one attached hydrogen (secondary N) is 2. The Balaban J connectivity index is 2.53. The summed E-state index contributed by atoms with van der Waals surface area (Å²) in [5.74, 6) is 0.120. The third-order valence-corrected chi connectivity index (χ3v) is 3.16. The first-order valence-corrected chi connectivity index (χ1v) is 6.89. The molecule has 3 N–H and O–H groups in total. The summed E-state index contributed by atoms with van der Waals surface area (Å²) in [5.41, 5.74) is 0.465. The molecule has 7 nitrogen and oxygen atoms in total. The molecule has 0 aliphatic rings. The third kappa shape index (κ3) is 5.78. The van der Waals surface area contributed by atoms with Crippen molar-refractivity contribution >= 4 is 17.4 Å². The van der Waals surface area contributed by atoms with Gasteiger partial charge in [-0.05, 0) is 30.9 Å². The van der Waals surface area contributed by atoms with E-state index < -0.39 is 4.92 Å². The molecule has 21 heavy (non-hydrogen) atoms. The van der Waals surface area contributed by atoms with Crippen LogP contribution in [0.1, 0.15) is 26.7 Å². The molecule has 0 unspecified atom stereocenters. The zero-order valence-electron chi connectivity index (χ0n) is 12.2. The largest absolute Gasteiger partial charge is 0.396 e. The predicted molar refractivity (Wildman–Crippen MR) is 80.2 cm³/mol. The Kier molecular flexibility index (Phi) is 6.61. The summed E-state index contributed by atoms with van der Waals surface area (Å²) in [6.07, 6.45) is 1.46. The molecule has 0 fully saturated rings. The molecule has 1 rings (SSSR count). The van der Waals surface area contributed by atoms with Gasteiger partial charge in [-0.2, -0.15) is 0 Å². The van der Waals surface area contributed by atoms with Gasteiger partial charge >= 0.3 is 6.03 Å². The van der Waals surface area contributed by atoms with Crippen molar-refractivity contribution in [3.05, 3.63) is 34.4 Å². The summed E-state index contributed by atoms with van der Waals surface area (Å²) in [6, 6.07) is 5.25. The van der Waals surface area contributed by atoms with Gasteiger partial charge < -0.3 is 15.7 Å². The van der Waals surface area contributed by atoms with E-state index in [1.807, 2.05) is 13.8 Å². The van der Waals surface area contributed by atoms with Crippen LogP contribution in [-0.4, -0.2) is 28.7 Å². The van der Waals surface area contributed by atoms with Crippen molar-refractivity contribution in [2.75, 3.05) is 11.9 Å². The average Bonchev–Trinajstić information content (AvgIpc) is 2.46. The van der Waals surface area contributed by atoms with Gasteiger partial charge in [0.25, 0.3) is 5.69 Å². The first-order valence-electron chi connectivity index (χ1n) is 6.89. The maximum Gasteiger partial charge on any atom is 0.319 e. The third-order valence-electron chi connectivity index (χ3n) is 3.16. The Morgan fingerprint density at radius 3 is 2.48 bits per heavy atom. The number of anilines is 1. The number of hydrogen-bond donors (Lipinski definition) is 3. The van der Waals surface area contributed by atoms with Gasteiger partial charge in [-0.25, -0.2) is 4.79 Å². The Morgan fingerprint density at radius 1 is 1.38 bits per heavy atom. The zero-order valence-corrected chi connectivity index (χ0v) is 12.2. The maximum absolute atomic E-state index is 11.9. The molecule has 0 spiro atoms. The van der Waals surface area contributed by atoms with Gasteiger partial charge in [-0.15, -0.1) is 0 Å². The molecule has 0 aromatic heterocycles. The molecule has 0 aliphatic heterocycles. The fourth-order valence-electron chi connectivity index (χ4n) is 1.91. The monoisotopic (exact) mass is 295 g/mol. The van der Waals surface area contributed by atoms with Crippen molar-refractivity contribution in [2.45, 2.75) is 32.7 Å². The van der Waals surface area contributed by atoms with Crippen LogP contribution in [0.2, 0.25) is 0 Å². The van der Waals surface area contributed by atoms with Crippen molar-refractivity contribution in [3.8, 4) is 0 Å². The van der Waals surface area contributed by atoms with Crippen molar-refractivity contribution in [1.29, 1.82) is 0 Å². The van der Waals surface area contributed by atoms with E-state index in [0.29, 0.717) is 12.1 Å². The van der Waals surface area contributed by atoms with Gasteiger partial charge in [0.2, 0.25) is 0 Å². The number of carbonyl (C=O) groups is 1. The molecule has 2 amide bonds. The quantitative estimate of drug-likeness (QED) is 0.531. The van der Waals surface area contributed by atoms with Crippen molar-refractivity contribution in [3.63, 3.8) is 0 Å². The number of urea groups is 1. The van der Waals surface area contributed by atoms with Crippen molar-refractivity contribution < 1.29 is 14.8 Å². The summed E-state index contributed by atoms with van der Waals surface area (Å²) >= 11 is 0. The van der Waals surface area contributed by atoms with Crippen LogP contribution in [0.25, 0.3) is 0 Å². The van der Waals surface area contributed by atoms with E-state index in [-0.39, 0.29) is 30.3 Å². The number of benzene rings is 1. The van der Waals surface area contributed by atoms with Crippen LogP contribution in [0, 0.1) is 16.0 Å². The standard InChI is InChI=1S/C14H21N3O4/c1-3-11(8-10(2)9-18)15-14(19)16-12-4-6-13(7-5-12)17(20)21/h4-7,10-11,18H,3,8-9H2,1-2H3,(H2,15,16,19)/t10-,11+/m0/s1. The molecule has 7 heteroatoms. The lowest BCUT2D eigenvalue weighted by Gasteiger charge is -2.20. The Bertz CT molecular complexity index is 476. The lowest BCUT2D eigenvalue weighted by atomic mass is 10.0. The summed E-state index contributed by atoms with van der Waals surface area (Å²) in [7, 11) is 0. The Labute approximate surface area is 123 Å². The molecule has 0 aliphatic carbocycles. The van der Waals surface area contributed by atoms with Crippen molar-refractivity contribution in [2.24, 2.45) is 5.92 Å². The first kappa shape index (κ1) is 16.9. The minimum Gasteiger partial charge on any atom is -0.396 e. The van der Waals surface area contributed by atoms with Gasteiger partial charge in [0.05, 0.1) is 4.92 Å². The lowest BCUT2D eigenvalue weighted by Crippen LogP contribution is -2.38. The summed E-state index contributed by atoms with van der Waals surface area (Å²) in [5, 5.41) is 25.0. The number of amides is 2. The van der Waals surface area contributed by atoms with Gasteiger partial charge in [0, 0.05) is 30.5 Å². The molecule has 0 radical (unpaired) electrons. The van der Waals surface area contributed by atoms with E-state index in [1.165, 1.54) is 24.3 Å². The number of aliphatic hydroxyl groups excluding tert-OH is 1. The molecular weight excluding hydrogens is 274 g/mol. The van der Waals surface area contributed by atoms with E-state index in [2.05, 4.69) is 10.6 Å². The van der Waals surface area contributed by atoms with Crippen LogP contribution < -0.4 is 10.6 Å². The molecular formula is C14H21N3O4. The minimum atomic E-state index is -0.493. The molecule has 0 bridgehead atoms. The second-order valence-corrected chi connectivity index (χ2v) is 5.03. The molecule has 0 saturated heterocycles. The minimum absolute atomic E-state index is 0.0230. The van der Waals surface area contributed by atoms with E-state index in [4.69, 9.17) is 5.11 Å². The van der Waals surface area contributed by atoms with Crippen LogP contribution in [0.5, 0.6) is 0 Å². The lowest BCUT2D eigenvalue weighted by molar-refractivity contribution is -0.384. The van der Waals surface area contributed by atoms with Gasteiger partial charge in [-0.3, -0.25) is 10.1 Å². The van der Waals surface area contributed by atoms with E-state index in [9.17, 15) is 14.9 Å². The first-order chi connectivity index (χ1) is 9.96. The average molecular weight is 295 g/mol. The smallest absolute Gasteiger partial charge is 0.319 e. The van der Waals surface area contributed by atoms with Crippen LogP contribution in [-0.2, 0) is 0 Å². The molecule has 1 aromatic carbocycles. The summed E-state index contributed by atoms with van der Waals surface area (Å²) in [4.78, 5) is 21.9. The van der Waals surface area contributed by atoms with E-state index in [0.717, 1.165) is 6.42 Å². The molecule has 0 saturated carbocycles. The highest BCUT2D eigenvalue weighted by molar-refractivity contribution is 5.89. The van der Waals surface area contributed by atoms with E-state index in [1.54, 1.807) is 0 Å². The van der Waals surface area contributed by atoms with Gasteiger partial charge in [-0.1, -0.05) is 13.8 Å². The fourth-order valence-corrected chi connectivity index (χ4v) is 1.91. The van der Waals surface area contributed by atoms with Crippen LogP contribution >= 0.6 is 0 Å². The Morgan fingerprint density at radius 2 is 2.00 bits per heavy atom. The van der Waals surface area contributed by atoms with E-state index >= 15 is 0 Å². The molecule has 116 valence electrons. The zero-order chi connectivity index (χ0) is 15.8. The highest BCUT2D eigenvalue weighted by Crippen LogP contribution is 2.15. The Hall–Kier alpha value is -2.15. The second-order valence-electron chi connectivity index (χ2n) is 5.03. The number of nitrogens with zero attached hydrogens (tertiary/aromatic N) is 1. The number of carbonyl (C=O) groups excluding carboxylic acids is 1. The number of rotatable bonds is 7. The van der Waals surface area contributed by atoms with Crippen LogP contribution in [0.3, 0.4) is 0 Å². The van der Waals surface area contributed by atoms with Crippen LogP contribution in [0.4, 0.5) is 16.2 Å². The SMILES string of the molecule is CC[C@H](C[C@H](C)CO)NC(=O)Nc1ccc([N+](=O)[O-])cc1. The number of nitro groups is 1. The normalized spacial score (nSPS) is 13.3. The summed E-state index contributed by atoms with van der Waals surface area (Å²) < 4.78 is 0. The van der Waals surface area contributed by atoms with Crippen molar-refractivity contribution in [1.82, 2.24) is 5.32 Å². The highest BCUT2D eigenvalue weighted by atomic mass is 16.6. The number of non-ortho nitro benzene ring substituents is 1. The van der Waals surface area contributed by atoms with Gasteiger partial charge in [0.1, 0.15) is 0 Å². The van der Waals surface area contributed by atoms with Crippen LogP contribution in [0.15, 0.2) is 24.3 Å². The second kappa shape index (κ2) is 8.21. The molecule has 1 aromatic rings.